The lowest BCUT2D eigenvalue weighted by molar-refractivity contribution is -0.115. The monoisotopic (exact) mass is 353 g/mol. The fourth-order valence-corrected chi connectivity index (χ4v) is 3.29. The molecule has 4 nitrogen and oxygen atoms in total. The summed E-state index contributed by atoms with van der Waals surface area (Å²) in [6, 6.07) is 13.7. The lowest BCUT2D eigenvalue weighted by Crippen LogP contribution is -2.12. The van der Waals surface area contributed by atoms with Crippen LogP contribution in [0.1, 0.15) is 43.0 Å². The van der Waals surface area contributed by atoms with Gasteiger partial charge in [-0.25, -0.2) is 4.98 Å². The third kappa shape index (κ3) is 6.24. The van der Waals surface area contributed by atoms with Gasteiger partial charge in [-0.05, 0) is 49.6 Å². The van der Waals surface area contributed by atoms with E-state index in [2.05, 4.69) is 23.3 Å². The largest absolute Gasteiger partial charge is 0.326 e. The van der Waals surface area contributed by atoms with Gasteiger partial charge < -0.3 is 5.32 Å². The Labute approximate surface area is 153 Å². The first kappa shape index (κ1) is 19.0. The summed E-state index contributed by atoms with van der Waals surface area (Å²) in [6.45, 7) is 4.14. The molecule has 2 aromatic rings. The van der Waals surface area contributed by atoms with Crippen LogP contribution in [0, 0.1) is 18.3 Å². The molecular formula is C20H23N3OS. The van der Waals surface area contributed by atoms with Gasteiger partial charge in [0.2, 0.25) is 5.91 Å². The first-order valence-electron chi connectivity index (χ1n) is 8.51. The summed E-state index contributed by atoms with van der Waals surface area (Å²) in [5.41, 5.74) is 3.50. The van der Waals surface area contributed by atoms with Crippen LogP contribution < -0.4 is 5.32 Å². The zero-order valence-electron chi connectivity index (χ0n) is 14.7. The van der Waals surface area contributed by atoms with Gasteiger partial charge in [-0.2, -0.15) is 5.26 Å². The molecule has 25 heavy (non-hydrogen) atoms. The van der Waals surface area contributed by atoms with Gasteiger partial charge in [0.25, 0.3) is 0 Å². The average Bonchev–Trinajstić information content (AvgIpc) is 2.60. The molecule has 1 aromatic carbocycles. The van der Waals surface area contributed by atoms with Crippen molar-refractivity contribution < 1.29 is 4.79 Å². The van der Waals surface area contributed by atoms with Crippen molar-refractivity contribution in [1.29, 1.82) is 5.26 Å². The van der Waals surface area contributed by atoms with Crippen molar-refractivity contribution in [1.82, 2.24) is 4.98 Å². The van der Waals surface area contributed by atoms with Crippen LogP contribution >= 0.6 is 11.8 Å². The molecule has 0 aliphatic carbocycles. The SMILES string of the molecule is CCCCc1ccc(C#N)c(SCCC(=O)Nc2cccc(C)c2)n1. The van der Waals surface area contributed by atoms with Crippen LogP contribution in [0.5, 0.6) is 0 Å². The van der Waals surface area contributed by atoms with Gasteiger partial charge in [-0.1, -0.05) is 25.5 Å². The number of hydrogen-bond donors (Lipinski definition) is 1. The first-order valence-corrected chi connectivity index (χ1v) is 9.50. The minimum Gasteiger partial charge on any atom is -0.326 e. The number of carbonyl (C=O) groups excluding carboxylic acids is 1. The molecule has 5 heteroatoms. The van der Waals surface area contributed by atoms with E-state index in [-0.39, 0.29) is 5.91 Å². The molecule has 1 N–H and O–H groups in total. The molecule has 1 heterocycles. The lowest BCUT2D eigenvalue weighted by atomic mass is 10.2. The molecule has 0 saturated carbocycles. The van der Waals surface area contributed by atoms with Gasteiger partial charge in [0, 0.05) is 23.6 Å². The highest BCUT2D eigenvalue weighted by Gasteiger charge is 2.09. The second-order valence-electron chi connectivity index (χ2n) is 5.89. The molecule has 1 aromatic heterocycles. The Morgan fingerprint density at radius 1 is 1.32 bits per heavy atom. The number of anilines is 1. The maximum absolute atomic E-state index is 12.1. The van der Waals surface area contributed by atoms with Crippen molar-refractivity contribution in [2.45, 2.75) is 44.6 Å². The van der Waals surface area contributed by atoms with Crippen molar-refractivity contribution in [3.63, 3.8) is 0 Å². The molecule has 2 rings (SSSR count). The maximum Gasteiger partial charge on any atom is 0.225 e. The Morgan fingerprint density at radius 3 is 2.88 bits per heavy atom. The van der Waals surface area contributed by atoms with Crippen LogP contribution in [0.4, 0.5) is 5.69 Å². The number of nitrogens with one attached hydrogen (secondary N) is 1. The number of carbonyl (C=O) groups is 1. The number of unbranched alkanes of at least 4 members (excludes halogenated alkanes) is 1. The Morgan fingerprint density at radius 2 is 2.16 bits per heavy atom. The summed E-state index contributed by atoms with van der Waals surface area (Å²) < 4.78 is 0. The molecule has 0 radical (unpaired) electrons. The Kier molecular flexibility index (Phi) is 7.49. The molecule has 130 valence electrons. The van der Waals surface area contributed by atoms with Crippen LogP contribution in [-0.4, -0.2) is 16.6 Å². The maximum atomic E-state index is 12.1. The molecule has 0 spiro atoms. The van der Waals surface area contributed by atoms with Crippen LogP contribution in [0.25, 0.3) is 0 Å². The number of rotatable bonds is 8. The van der Waals surface area contributed by atoms with Gasteiger partial charge >= 0.3 is 0 Å². The van der Waals surface area contributed by atoms with E-state index in [4.69, 9.17) is 0 Å². The minimum absolute atomic E-state index is 0.0289. The fraction of sp³-hybridized carbons (Fsp3) is 0.350. The number of nitriles is 1. The normalized spacial score (nSPS) is 10.3. The summed E-state index contributed by atoms with van der Waals surface area (Å²) in [4.78, 5) is 16.6. The minimum atomic E-state index is -0.0289. The van der Waals surface area contributed by atoms with Crippen molar-refractivity contribution in [2.24, 2.45) is 0 Å². The quantitative estimate of drug-likeness (QED) is 0.697. The van der Waals surface area contributed by atoms with Crippen molar-refractivity contribution >= 4 is 23.4 Å². The van der Waals surface area contributed by atoms with Crippen LogP contribution in [0.15, 0.2) is 41.4 Å². The zero-order chi connectivity index (χ0) is 18.1. The number of amides is 1. The average molecular weight is 353 g/mol. The highest BCUT2D eigenvalue weighted by Crippen LogP contribution is 2.22. The highest BCUT2D eigenvalue weighted by atomic mass is 32.2. The molecule has 0 fully saturated rings. The van der Waals surface area contributed by atoms with Gasteiger partial charge in [0.1, 0.15) is 11.1 Å². The summed E-state index contributed by atoms with van der Waals surface area (Å²) in [7, 11) is 0. The molecule has 0 aliphatic rings. The number of aromatic nitrogens is 1. The number of thioether (sulfide) groups is 1. The van der Waals surface area contributed by atoms with Gasteiger partial charge in [-0.3, -0.25) is 4.79 Å². The molecule has 0 unspecified atom stereocenters. The van der Waals surface area contributed by atoms with E-state index in [9.17, 15) is 10.1 Å². The Bertz CT molecular complexity index is 768. The van der Waals surface area contributed by atoms with Crippen LogP contribution in [-0.2, 0) is 11.2 Å². The third-order valence-electron chi connectivity index (χ3n) is 3.69. The molecule has 0 saturated heterocycles. The van der Waals surface area contributed by atoms with Gasteiger partial charge in [-0.15, -0.1) is 11.8 Å². The van der Waals surface area contributed by atoms with Crippen LogP contribution in [0.3, 0.4) is 0 Å². The highest BCUT2D eigenvalue weighted by molar-refractivity contribution is 7.99. The number of pyridine rings is 1. The van der Waals surface area contributed by atoms with E-state index in [0.717, 1.165) is 41.2 Å². The molecule has 0 bridgehead atoms. The van der Waals surface area contributed by atoms with E-state index in [1.54, 1.807) is 0 Å². The fourth-order valence-electron chi connectivity index (χ4n) is 2.36. The third-order valence-corrected chi connectivity index (χ3v) is 4.69. The topological polar surface area (TPSA) is 65.8 Å². The van der Waals surface area contributed by atoms with E-state index >= 15 is 0 Å². The Balaban J connectivity index is 1.89. The summed E-state index contributed by atoms with van der Waals surface area (Å²) in [6.07, 6.45) is 3.50. The second kappa shape index (κ2) is 9.85. The number of nitrogens with zero attached hydrogens (tertiary/aromatic N) is 2. The summed E-state index contributed by atoms with van der Waals surface area (Å²) in [5.74, 6) is 0.565. The van der Waals surface area contributed by atoms with Crippen molar-refractivity contribution in [2.75, 3.05) is 11.1 Å². The first-order chi connectivity index (χ1) is 12.1. The zero-order valence-corrected chi connectivity index (χ0v) is 15.5. The van der Waals surface area contributed by atoms with E-state index in [1.165, 1.54) is 11.8 Å². The van der Waals surface area contributed by atoms with Crippen molar-refractivity contribution in [3.8, 4) is 6.07 Å². The summed E-state index contributed by atoms with van der Waals surface area (Å²) >= 11 is 1.47. The second-order valence-corrected chi connectivity index (χ2v) is 6.97. The smallest absolute Gasteiger partial charge is 0.225 e. The molecule has 1 amide bonds. The molecule has 0 atom stereocenters. The van der Waals surface area contributed by atoms with Gasteiger partial charge in [0.15, 0.2) is 0 Å². The Hall–Kier alpha value is -2.32. The number of hydrogen-bond acceptors (Lipinski definition) is 4. The predicted molar refractivity (Wildman–Crippen MR) is 103 cm³/mol. The standard InChI is InChI=1S/C20H23N3OS/c1-3-4-7-17-10-9-16(14-21)20(23-17)25-12-11-19(24)22-18-8-5-6-15(2)13-18/h5-6,8-10,13H,3-4,7,11-12H2,1-2H3,(H,22,24). The van der Waals surface area contributed by atoms with Crippen molar-refractivity contribution in [3.05, 3.63) is 53.2 Å². The number of benzene rings is 1. The summed E-state index contributed by atoms with van der Waals surface area (Å²) in [5, 5.41) is 12.9. The molecule has 0 aliphatic heterocycles. The van der Waals surface area contributed by atoms with Crippen LogP contribution in [0.2, 0.25) is 0 Å². The van der Waals surface area contributed by atoms with E-state index in [0.29, 0.717) is 17.7 Å². The lowest BCUT2D eigenvalue weighted by Gasteiger charge is -2.07. The van der Waals surface area contributed by atoms with Gasteiger partial charge in [0.05, 0.1) is 5.56 Å². The molecular weight excluding hydrogens is 330 g/mol. The predicted octanol–water partition coefficient (Wildman–Crippen LogP) is 4.73. The van der Waals surface area contributed by atoms with E-state index in [1.807, 2.05) is 43.3 Å². The van der Waals surface area contributed by atoms with E-state index < -0.39 is 0 Å². The number of aryl methyl sites for hydroxylation is 2.